The van der Waals surface area contributed by atoms with Crippen molar-refractivity contribution >= 4 is 29.0 Å². The summed E-state index contributed by atoms with van der Waals surface area (Å²) in [5.74, 6) is 1.28. The summed E-state index contributed by atoms with van der Waals surface area (Å²) in [7, 11) is 1.65. The molecule has 0 atom stereocenters. The van der Waals surface area contributed by atoms with E-state index in [1.807, 2.05) is 24.3 Å². The molecule has 0 bridgehead atoms. The van der Waals surface area contributed by atoms with Crippen LogP contribution in [0.5, 0.6) is 5.75 Å². The molecule has 0 saturated carbocycles. The van der Waals surface area contributed by atoms with Crippen molar-refractivity contribution in [1.82, 2.24) is 4.98 Å². The van der Waals surface area contributed by atoms with Crippen molar-refractivity contribution in [2.45, 2.75) is 6.42 Å². The molecular weight excluding hydrogens is 362 g/mol. The van der Waals surface area contributed by atoms with Gasteiger partial charge in [-0.25, -0.2) is 4.98 Å². The molecular formula is C21H20ClN3O2. The van der Waals surface area contributed by atoms with Gasteiger partial charge >= 0.3 is 0 Å². The summed E-state index contributed by atoms with van der Waals surface area (Å²) in [5, 5.41) is 6.65. The maximum atomic E-state index is 12.4. The van der Waals surface area contributed by atoms with Crippen LogP contribution in [-0.4, -0.2) is 24.5 Å². The molecule has 0 aliphatic carbocycles. The van der Waals surface area contributed by atoms with Crippen molar-refractivity contribution in [3.8, 4) is 5.75 Å². The van der Waals surface area contributed by atoms with Crippen molar-refractivity contribution in [3.05, 3.63) is 83.0 Å². The molecule has 1 aromatic heterocycles. The lowest BCUT2D eigenvalue weighted by Gasteiger charge is -2.09. The van der Waals surface area contributed by atoms with Gasteiger partial charge in [0, 0.05) is 29.0 Å². The fraction of sp³-hybridized carbons (Fsp3) is 0.143. The van der Waals surface area contributed by atoms with Gasteiger partial charge in [-0.05, 0) is 54.4 Å². The monoisotopic (exact) mass is 381 g/mol. The largest absolute Gasteiger partial charge is 0.497 e. The first-order chi connectivity index (χ1) is 13.1. The Kier molecular flexibility index (Phi) is 6.28. The van der Waals surface area contributed by atoms with Crippen LogP contribution in [-0.2, 0) is 6.42 Å². The van der Waals surface area contributed by atoms with Crippen molar-refractivity contribution < 1.29 is 9.53 Å². The van der Waals surface area contributed by atoms with Gasteiger partial charge in [-0.15, -0.1) is 0 Å². The van der Waals surface area contributed by atoms with Crippen LogP contribution in [0.2, 0.25) is 5.02 Å². The Labute approximate surface area is 163 Å². The highest BCUT2D eigenvalue weighted by atomic mass is 35.5. The first-order valence-electron chi connectivity index (χ1n) is 8.54. The Morgan fingerprint density at radius 1 is 1.11 bits per heavy atom. The van der Waals surface area contributed by atoms with Crippen molar-refractivity contribution in [2.75, 3.05) is 24.3 Å². The molecule has 1 amide bonds. The first kappa shape index (κ1) is 18.7. The van der Waals surface area contributed by atoms with Crippen LogP contribution in [0.1, 0.15) is 15.9 Å². The minimum absolute atomic E-state index is 0.210. The van der Waals surface area contributed by atoms with E-state index in [2.05, 4.69) is 15.6 Å². The highest BCUT2D eigenvalue weighted by molar-refractivity contribution is 6.30. The topological polar surface area (TPSA) is 63.2 Å². The van der Waals surface area contributed by atoms with Gasteiger partial charge < -0.3 is 15.4 Å². The van der Waals surface area contributed by atoms with Crippen molar-refractivity contribution in [1.29, 1.82) is 0 Å². The first-order valence-corrected chi connectivity index (χ1v) is 8.91. The van der Waals surface area contributed by atoms with Crippen LogP contribution in [0.25, 0.3) is 0 Å². The van der Waals surface area contributed by atoms with Gasteiger partial charge in [0.25, 0.3) is 5.91 Å². The molecule has 0 aliphatic heterocycles. The second kappa shape index (κ2) is 9.05. The minimum atomic E-state index is -0.210. The zero-order chi connectivity index (χ0) is 19.1. The maximum Gasteiger partial charge on any atom is 0.255 e. The van der Waals surface area contributed by atoms with E-state index in [0.29, 0.717) is 28.6 Å². The lowest BCUT2D eigenvalue weighted by molar-refractivity contribution is 0.102. The van der Waals surface area contributed by atoms with Gasteiger partial charge in [0.2, 0.25) is 0 Å². The SMILES string of the molecule is COc1ccc(CCNc2cc(C(=O)Nc3cccc(Cl)c3)ccn2)cc1. The molecule has 6 heteroatoms. The maximum absolute atomic E-state index is 12.4. The summed E-state index contributed by atoms with van der Waals surface area (Å²) in [6, 6.07) is 18.4. The van der Waals surface area contributed by atoms with Gasteiger partial charge in [0.15, 0.2) is 0 Å². The Morgan fingerprint density at radius 2 is 1.93 bits per heavy atom. The molecule has 3 rings (SSSR count). The predicted molar refractivity (Wildman–Crippen MR) is 109 cm³/mol. The minimum Gasteiger partial charge on any atom is -0.497 e. The molecule has 0 unspecified atom stereocenters. The highest BCUT2D eigenvalue weighted by Gasteiger charge is 2.08. The number of aromatic nitrogens is 1. The summed E-state index contributed by atoms with van der Waals surface area (Å²) in [6.45, 7) is 0.707. The zero-order valence-electron chi connectivity index (χ0n) is 14.9. The number of carbonyl (C=O) groups is 1. The molecule has 0 aliphatic rings. The molecule has 138 valence electrons. The fourth-order valence-corrected chi connectivity index (χ4v) is 2.76. The number of rotatable bonds is 7. The molecule has 0 radical (unpaired) electrons. The molecule has 0 fully saturated rings. The molecule has 5 nitrogen and oxygen atoms in total. The number of nitrogens with zero attached hydrogens (tertiary/aromatic N) is 1. The molecule has 2 N–H and O–H groups in total. The lowest BCUT2D eigenvalue weighted by Crippen LogP contribution is -2.13. The molecule has 1 heterocycles. The fourth-order valence-electron chi connectivity index (χ4n) is 2.57. The summed E-state index contributed by atoms with van der Waals surface area (Å²) < 4.78 is 5.16. The number of pyridine rings is 1. The second-order valence-corrected chi connectivity index (χ2v) is 6.36. The van der Waals surface area contributed by atoms with Crippen LogP contribution in [0, 0.1) is 0 Å². The van der Waals surface area contributed by atoms with Crippen molar-refractivity contribution in [2.24, 2.45) is 0 Å². The normalized spacial score (nSPS) is 10.3. The van der Waals surface area contributed by atoms with E-state index in [1.54, 1.807) is 49.7 Å². The third kappa shape index (κ3) is 5.46. The van der Waals surface area contributed by atoms with E-state index >= 15 is 0 Å². The number of hydrogen-bond acceptors (Lipinski definition) is 4. The average Bonchev–Trinajstić information content (AvgIpc) is 2.69. The van der Waals surface area contributed by atoms with E-state index in [-0.39, 0.29) is 5.91 Å². The van der Waals surface area contributed by atoms with Gasteiger partial charge in [-0.3, -0.25) is 4.79 Å². The Morgan fingerprint density at radius 3 is 2.67 bits per heavy atom. The van der Waals surface area contributed by atoms with Crippen molar-refractivity contribution in [3.63, 3.8) is 0 Å². The quantitative estimate of drug-likeness (QED) is 0.625. The second-order valence-electron chi connectivity index (χ2n) is 5.92. The van der Waals surface area contributed by atoms with Gasteiger partial charge in [-0.1, -0.05) is 29.8 Å². The van der Waals surface area contributed by atoms with Gasteiger partial charge in [-0.2, -0.15) is 0 Å². The lowest BCUT2D eigenvalue weighted by atomic mass is 10.1. The van der Waals surface area contributed by atoms with E-state index in [0.717, 1.165) is 12.2 Å². The summed E-state index contributed by atoms with van der Waals surface area (Å²) >= 11 is 5.95. The molecule has 27 heavy (non-hydrogen) atoms. The summed E-state index contributed by atoms with van der Waals surface area (Å²) in [5.41, 5.74) is 2.37. The number of benzene rings is 2. The molecule has 0 spiro atoms. The number of halogens is 1. The Balaban J connectivity index is 1.57. The Hall–Kier alpha value is -3.05. The van der Waals surface area contributed by atoms with E-state index in [9.17, 15) is 4.79 Å². The summed E-state index contributed by atoms with van der Waals surface area (Å²) in [6.07, 6.45) is 2.45. The smallest absolute Gasteiger partial charge is 0.255 e. The van der Waals surface area contributed by atoms with Crippen LogP contribution in [0.4, 0.5) is 11.5 Å². The number of carbonyl (C=O) groups excluding carboxylic acids is 1. The molecule has 2 aromatic carbocycles. The number of anilines is 2. The van der Waals surface area contributed by atoms with Crippen LogP contribution >= 0.6 is 11.6 Å². The average molecular weight is 382 g/mol. The highest BCUT2D eigenvalue weighted by Crippen LogP contribution is 2.17. The van der Waals surface area contributed by atoms with E-state index in [1.165, 1.54) is 5.56 Å². The van der Waals surface area contributed by atoms with Crippen LogP contribution < -0.4 is 15.4 Å². The van der Waals surface area contributed by atoms with Crippen LogP contribution in [0.3, 0.4) is 0 Å². The van der Waals surface area contributed by atoms with Gasteiger partial charge in [0.1, 0.15) is 11.6 Å². The number of ether oxygens (including phenoxy) is 1. The number of nitrogens with one attached hydrogen (secondary N) is 2. The Bertz CT molecular complexity index is 913. The molecule has 0 saturated heterocycles. The van der Waals surface area contributed by atoms with Gasteiger partial charge in [0.05, 0.1) is 7.11 Å². The third-order valence-corrected chi connectivity index (χ3v) is 4.22. The zero-order valence-corrected chi connectivity index (χ0v) is 15.7. The number of methoxy groups -OCH3 is 1. The van der Waals surface area contributed by atoms with Crippen LogP contribution in [0.15, 0.2) is 66.9 Å². The number of hydrogen-bond donors (Lipinski definition) is 2. The molecule has 3 aromatic rings. The van der Waals surface area contributed by atoms with E-state index in [4.69, 9.17) is 16.3 Å². The predicted octanol–water partition coefficient (Wildman–Crippen LogP) is 4.65. The number of amides is 1. The summed E-state index contributed by atoms with van der Waals surface area (Å²) in [4.78, 5) is 16.7. The van der Waals surface area contributed by atoms with E-state index < -0.39 is 0 Å². The standard InChI is InChI=1S/C21H20ClN3O2/c1-27-19-7-5-15(6-8-19)9-11-23-20-13-16(10-12-24-20)21(26)25-18-4-2-3-17(22)14-18/h2-8,10,12-14H,9,11H2,1H3,(H,23,24)(H,25,26). The third-order valence-electron chi connectivity index (χ3n) is 3.98.